The molecule has 0 aromatic rings. The van der Waals surface area contributed by atoms with E-state index >= 15 is 0 Å². The lowest BCUT2D eigenvalue weighted by molar-refractivity contribution is -0.363. The Morgan fingerprint density at radius 1 is 0.611 bits per heavy atom. The maximum atomic E-state index is 12.8. The van der Waals surface area contributed by atoms with Gasteiger partial charge in [-0.3, -0.25) is 0 Å². The van der Waals surface area contributed by atoms with Crippen molar-refractivity contribution in [2.75, 3.05) is 13.2 Å². The maximum absolute atomic E-state index is 12.8. The number of alkyl halides is 8. The second-order valence-corrected chi connectivity index (χ2v) is 3.91. The number of rotatable bonds is 5. The minimum atomic E-state index is -5.28. The second-order valence-electron chi connectivity index (χ2n) is 3.91. The highest BCUT2D eigenvalue weighted by Crippen LogP contribution is 2.35. The van der Waals surface area contributed by atoms with Crippen LogP contribution in [0, 0.1) is 0 Å². The summed E-state index contributed by atoms with van der Waals surface area (Å²) in [7, 11) is 0. The van der Waals surface area contributed by atoms with Crippen LogP contribution in [-0.4, -0.2) is 36.9 Å². The molecule has 10 heteroatoms. The van der Waals surface area contributed by atoms with E-state index < -0.39 is 36.9 Å². The Labute approximate surface area is 96.8 Å². The Kier molecular flexibility index (Phi) is 4.97. The summed E-state index contributed by atoms with van der Waals surface area (Å²) >= 11 is 0. The molecule has 0 rings (SSSR count). The smallest absolute Gasteiger partial charge is 0.233 e. The van der Waals surface area contributed by atoms with Crippen LogP contribution in [0.1, 0.15) is 13.8 Å². The molecule has 0 aliphatic heterocycles. The molecule has 2 atom stereocenters. The molecule has 0 amide bonds. The van der Waals surface area contributed by atoms with Crippen LogP contribution in [0.2, 0.25) is 0 Å². The van der Waals surface area contributed by atoms with Gasteiger partial charge in [0.2, 0.25) is 11.3 Å². The summed E-state index contributed by atoms with van der Waals surface area (Å²) in [6, 6.07) is 0. The minimum absolute atomic E-state index is 0.106. The summed E-state index contributed by atoms with van der Waals surface area (Å²) < 4.78 is 97.1. The zero-order chi connectivity index (χ0) is 14.8. The summed E-state index contributed by atoms with van der Waals surface area (Å²) in [4.78, 5) is 7.24. The summed E-state index contributed by atoms with van der Waals surface area (Å²) in [6.07, 6.45) is -10.6. The van der Waals surface area contributed by atoms with Crippen molar-refractivity contribution in [1.29, 1.82) is 0 Å². The van der Waals surface area contributed by atoms with Gasteiger partial charge in [-0.25, -0.2) is 18.6 Å². The third kappa shape index (κ3) is 4.56. The Balaban J connectivity index is 4.17. The Morgan fingerprint density at radius 2 is 0.833 bits per heavy atom. The Bertz CT molecular complexity index is 239. The van der Waals surface area contributed by atoms with Crippen LogP contribution in [0.3, 0.4) is 0 Å². The zero-order valence-corrected chi connectivity index (χ0v) is 9.25. The van der Waals surface area contributed by atoms with Gasteiger partial charge in [0.05, 0.1) is 0 Å². The van der Waals surface area contributed by atoms with E-state index in [0.29, 0.717) is 0 Å². The molecule has 2 nitrogen and oxygen atoms in total. The molecule has 2 unspecified atom stereocenters. The number of hydrogen-bond acceptors (Lipinski definition) is 2. The van der Waals surface area contributed by atoms with Crippen LogP contribution in [-0.2, 0) is 9.78 Å². The highest BCUT2D eigenvalue weighted by atomic mass is 19.4. The SMILES string of the molecule is CC(F)(COOCC(C)(F)C(F)(F)F)C(F)(F)F. The molecule has 0 bridgehead atoms. The van der Waals surface area contributed by atoms with Crippen LogP contribution in [0.5, 0.6) is 0 Å². The molecule has 0 saturated heterocycles. The average Bonchev–Trinajstić information content (AvgIpc) is 2.08. The summed E-state index contributed by atoms with van der Waals surface area (Å²) in [5.41, 5.74) is -7.62. The van der Waals surface area contributed by atoms with E-state index in [4.69, 9.17) is 0 Å². The summed E-state index contributed by atoms with van der Waals surface area (Å²) in [5.74, 6) is 0. The van der Waals surface area contributed by atoms with E-state index in [1.54, 1.807) is 0 Å². The van der Waals surface area contributed by atoms with Crippen LogP contribution < -0.4 is 0 Å². The fourth-order valence-corrected chi connectivity index (χ4v) is 0.468. The Morgan fingerprint density at radius 3 is 1.00 bits per heavy atom. The van der Waals surface area contributed by atoms with E-state index in [0.717, 1.165) is 0 Å². The van der Waals surface area contributed by atoms with Crippen molar-refractivity contribution in [3.63, 3.8) is 0 Å². The molecule has 0 N–H and O–H groups in total. The molecule has 0 aromatic heterocycles. The van der Waals surface area contributed by atoms with Gasteiger partial charge in [-0.2, -0.15) is 26.3 Å². The fraction of sp³-hybridized carbons (Fsp3) is 1.00. The van der Waals surface area contributed by atoms with Crippen molar-refractivity contribution in [2.45, 2.75) is 37.5 Å². The molecular formula is C8H10F8O2. The fourth-order valence-electron chi connectivity index (χ4n) is 0.468. The van der Waals surface area contributed by atoms with Crippen LogP contribution in [0.4, 0.5) is 35.1 Å². The highest BCUT2D eigenvalue weighted by Gasteiger charge is 2.54. The van der Waals surface area contributed by atoms with Crippen molar-refractivity contribution >= 4 is 0 Å². The van der Waals surface area contributed by atoms with E-state index in [1.807, 2.05) is 0 Å². The van der Waals surface area contributed by atoms with Crippen molar-refractivity contribution < 1.29 is 44.9 Å². The first-order valence-electron chi connectivity index (χ1n) is 4.46. The first-order valence-corrected chi connectivity index (χ1v) is 4.46. The van der Waals surface area contributed by atoms with Crippen LogP contribution >= 0.6 is 0 Å². The van der Waals surface area contributed by atoms with Crippen molar-refractivity contribution in [3.8, 4) is 0 Å². The van der Waals surface area contributed by atoms with Gasteiger partial charge >= 0.3 is 12.4 Å². The molecule has 0 fully saturated rings. The molecule has 0 aliphatic rings. The predicted octanol–water partition coefficient (Wildman–Crippen LogP) is 3.52. The standard InChI is InChI=1S/C8H10F8O2/c1-5(9,7(11,12)13)3-17-18-4-6(2,10)8(14,15)16/h3-4H2,1-2H3. The van der Waals surface area contributed by atoms with E-state index in [2.05, 4.69) is 9.78 Å². The highest BCUT2D eigenvalue weighted by molar-refractivity contribution is 4.82. The van der Waals surface area contributed by atoms with Crippen LogP contribution in [0.15, 0.2) is 0 Å². The molecule has 110 valence electrons. The molecule has 0 radical (unpaired) electrons. The van der Waals surface area contributed by atoms with Crippen molar-refractivity contribution in [2.24, 2.45) is 0 Å². The van der Waals surface area contributed by atoms with E-state index in [9.17, 15) is 35.1 Å². The molecule has 0 saturated carbocycles. The van der Waals surface area contributed by atoms with Gasteiger partial charge in [-0.05, 0) is 13.8 Å². The van der Waals surface area contributed by atoms with Crippen molar-refractivity contribution in [3.05, 3.63) is 0 Å². The lowest BCUT2D eigenvalue weighted by atomic mass is 10.1. The van der Waals surface area contributed by atoms with Gasteiger partial charge in [0.15, 0.2) is 0 Å². The van der Waals surface area contributed by atoms with Gasteiger partial charge in [-0.15, -0.1) is 0 Å². The van der Waals surface area contributed by atoms with Gasteiger partial charge in [-0.1, -0.05) is 0 Å². The zero-order valence-electron chi connectivity index (χ0n) is 9.25. The van der Waals surface area contributed by atoms with Crippen molar-refractivity contribution in [1.82, 2.24) is 0 Å². The monoisotopic (exact) mass is 290 g/mol. The van der Waals surface area contributed by atoms with Gasteiger partial charge in [0, 0.05) is 0 Å². The van der Waals surface area contributed by atoms with Gasteiger partial charge in [0.1, 0.15) is 13.2 Å². The molecular weight excluding hydrogens is 280 g/mol. The lowest BCUT2D eigenvalue weighted by Crippen LogP contribution is -2.44. The maximum Gasteiger partial charge on any atom is 0.424 e. The van der Waals surface area contributed by atoms with Crippen LogP contribution in [0.25, 0.3) is 0 Å². The second kappa shape index (κ2) is 5.16. The predicted molar refractivity (Wildman–Crippen MR) is 43.0 cm³/mol. The topological polar surface area (TPSA) is 18.5 Å². The van der Waals surface area contributed by atoms with Gasteiger partial charge < -0.3 is 0 Å². The van der Waals surface area contributed by atoms with E-state index in [-0.39, 0.29) is 13.8 Å². The average molecular weight is 290 g/mol. The molecule has 0 spiro atoms. The molecule has 18 heavy (non-hydrogen) atoms. The molecule has 0 aliphatic carbocycles. The lowest BCUT2D eigenvalue weighted by Gasteiger charge is -2.25. The normalized spacial score (nSPS) is 20.3. The number of hydrogen-bond donors (Lipinski definition) is 0. The Hall–Kier alpha value is -0.640. The summed E-state index contributed by atoms with van der Waals surface area (Å²) in [6.45, 7) is -3.20. The quantitative estimate of drug-likeness (QED) is 0.334. The minimum Gasteiger partial charge on any atom is -0.233 e. The van der Waals surface area contributed by atoms with E-state index in [1.165, 1.54) is 0 Å². The summed E-state index contributed by atoms with van der Waals surface area (Å²) in [5, 5.41) is 0. The first-order chi connectivity index (χ1) is 7.71. The molecule has 0 heterocycles. The third-order valence-electron chi connectivity index (χ3n) is 1.93. The largest absolute Gasteiger partial charge is 0.424 e. The third-order valence-corrected chi connectivity index (χ3v) is 1.93. The molecule has 0 aromatic carbocycles. The van der Waals surface area contributed by atoms with Gasteiger partial charge in [0.25, 0.3) is 0 Å². The number of halogens is 8. The first kappa shape index (κ1) is 17.4.